The number of nitrogen functional groups attached to an aromatic ring is 2. The van der Waals surface area contributed by atoms with E-state index < -0.39 is 71.9 Å². The lowest BCUT2D eigenvalue weighted by Gasteiger charge is -2.25. The molecule has 0 bridgehead atoms. The number of aromatic carboxylic acids is 1. The number of pyridine rings is 4. The van der Waals surface area contributed by atoms with Gasteiger partial charge in [0.15, 0.2) is 22.8 Å². The normalized spacial score (nSPS) is 17.3. The highest BCUT2D eigenvalue weighted by molar-refractivity contribution is 7.19. The summed E-state index contributed by atoms with van der Waals surface area (Å²) in [5, 5.41) is 30.8. The summed E-state index contributed by atoms with van der Waals surface area (Å²) in [6, 6.07) is 20.2. The fourth-order valence-corrected chi connectivity index (χ4v) is 11.5. The molecule has 2 aromatic carbocycles. The molecule has 89 heavy (non-hydrogen) atoms. The average Bonchev–Trinajstić information content (AvgIpc) is 1.76. The lowest BCUT2D eigenvalue weighted by Crippen LogP contribution is -2.48. The van der Waals surface area contributed by atoms with Crippen LogP contribution in [-0.2, 0) is 34.8 Å². The van der Waals surface area contributed by atoms with Gasteiger partial charge in [0.1, 0.15) is 11.6 Å². The first-order chi connectivity index (χ1) is 41.7. The van der Waals surface area contributed by atoms with Crippen LogP contribution in [-0.4, -0.2) is 113 Å². The molecule has 0 aliphatic carbocycles. The van der Waals surface area contributed by atoms with Crippen LogP contribution in [0.4, 0.5) is 64.3 Å². The van der Waals surface area contributed by atoms with Crippen molar-refractivity contribution < 1.29 is 87.2 Å². The minimum Gasteiger partial charge on any atom is -0.478 e. The summed E-state index contributed by atoms with van der Waals surface area (Å²) in [7, 11) is 0. The standard InChI is InChI=1S/C30H24F6N4O3S.C25H18F3N3O3S.C5H8F3NO/c31-29(32,33)23-13-19(24-7-3-18(15-38-24)27(42)40-10-9-28(43,16-40)30(34,35)36)11-20-12-22(44-26(20)23)6-5-21(41)4-1-17-2-8-25(37)39-14-17;26-25(27,28)20-11-16(21-7-3-15(13-30-21)24(33)34)9-17-10-19(35-23(17)20)6-5-18(32)4-1-14-2-8-22(29)31-12-14;6-5(7,8)4(10)1-2-9-3-4/h1-4,7-8,11-15,43H,5-6,9-10,16H2,(H2,37,39);1-4,7-13H,5-6H2,(H2,29,31)(H,33,34);9-10H,1-3H2/b2*4-1+;. The number of nitrogens with one attached hydrogen (secondary N) is 1. The van der Waals surface area contributed by atoms with Crippen molar-refractivity contribution in [2.24, 2.45) is 0 Å². The molecule has 2 fully saturated rings. The van der Waals surface area contributed by atoms with E-state index in [1.165, 1.54) is 54.9 Å². The number of carbonyl (C=O) groups excluding carboxylic acids is 3. The van der Waals surface area contributed by atoms with Gasteiger partial charge in [0.25, 0.3) is 5.91 Å². The quantitative estimate of drug-likeness (QED) is 0.0438. The van der Waals surface area contributed by atoms with Crippen LogP contribution in [0.25, 0.3) is 54.8 Å². The number of carbonyl (C=O) groups is 4. The number of amides is 1. The van der Waals surface area contributed by atoms with E-state index in [0.717, 1.165) is 52.1 Å². The van der Waals surface area contributed by atoms with E-state index in [1.54, 1.807) is 54.6 Å². The summed E-state index contributed by atoms with van der Waals surface area (Å²) in [6.45, 7) is -1.39. The van der Waals surface area contributed by atoms with Crippen molar-refractivity contribution in [3.8, 4) is 22.5 Å². The topological polar surface area (TPSA) is 248 Å². The SMILES string of the molecule is Nc1ccc(/C=C/C(=O)CCc2cc3cc(-c4ccc(C(=O)N5CCC(O)(C(F)(F)F)C5)cn4)cc(C(F)(F)F)c3s2)cn1.Nc1ccc(/C=C/C(=O)CCc2cc3cc(-c4ccc(C(=O)O)cn4)cc(C(F)(F)F)c3s2)cn1.OC1(C(F)(F)F)CCNC1. The number of hydrogen-bond acceptors (Lipinski definition) is 15. The van der Waals surface area contributed by atoms with Gasteiger partial charge >= 0.3 is 30.7 Å². The molecule has 6 aromatic heterocycles. The Morgan fingerprint density at radius 3 is 1.39 bits per heavy atom. The summed E-state index contributed by atoms with van der Waals surface area (Å²) < 4.78 is 159. The van der Waals surface area contributed by atoms with Gasteiger partial charge in [0.05, 0.1) is 40.2 Å². The fraction of sp³-hybridized carbons (Fsp3) is 0.267. The van der Waals surface area contributed by atoms with Crippen molar-refractivity contribution in [2.45, 2.75) is 74.4 Å². The number of aromatic nitrogens is 4. The molecular weight excluding hydrogens is 1240 g/mol. The van der Waals surface area contributed by atoms with Crippen LogP contribution in [0.15, 0.2) is 122 Å². The maximum Gasteiger partial charge on any atom is 0.419 e. The number of fused-ring (bicyclic) bond motifs is 2. The number of rotatable bonds is 14. The summed E-state index contributed by atoms with van der Waals surface area (Å²) in [5.41, 5.74) is 5.85. The van der Waals surface area contributed by atoms with E-state index in [4.69, 9.17) is 21.7 Å². The van der Waals surface area contributed by atoms with Crippen LogP contribution < -0.4 is 16.8 Å². The molecular formula is C60H50F12N8O7S2. The molecule has 8 heterocycles. The van der Waals surface area contributed by atoms with Crippen molar-refractivity contribution >= 4 is 90.1 Å². The van der Waals surface area contributed by atoms with Gasteiger partial charge in [-0.05, 0) is 157 Å². The van der Waals surface area contributed by atoms with Gasteiger partial charge < -0.3 is 37.0 Å². The molecule has 0 spiro atoms. The number of halogens is 12. The van der Waals surface area contributed by atoms with Crippen LogP contribution in [0, 0.1) is 0 Å². The minimum atomic E-state index is -4.90. The molecule has 0 saturated carbocycles. The first-order valence-corrected chi connectivity index (χ1v) is 28.2. The maximum atomic E-state index is 14.1. The zero-order valence-electron chi connectivity index (χ0n) is 46.0. The highest BCUT2D eigenvalue weighted by Gasteiger charge is 2.58. The number of benzene rings is 2. The number of carboxylic acids is 1. The molecule has 2 unspecified atom stereocenters. The van der Waals surface area contributed by atoms with Crippen LogP contribution in [0.3, 0.4) is 0 Å². The first kappa shape index (κ1) is 66.3. The molecule has 15 nitrogen and oxygen atoms in total. The molecule has 8 aromatic rings. The molecule has 29 heteroatoms. The second-order valence-electron chi connectivity index (χ2n) is 20.6. The number of anilines is 2. The van der Waals surface area contributed by atoms with Gasteiger partial charge in [-0.15, -0.1) is 22.7 Å². The second kappa shape index (κ2) is 26.6. The Balaban J connectivity index is 0.000000202. The Morgan fingerprint density at radius 1 is 0.584 bits per heavy atom. The minimum absolute atomic E-state index is 0.00479. The molecule has 2 saturated heterocycles. The molecule has 2 aliphatic rings. The predicted octanol–water partition coefficient (Wildman–Crippen LogP) is 12.5. The Labute approximate surface area is 505 Å². The summed E-state index contributed by atoms with van der Waals surface area (Å²) in [5.74, 6) is -1.63. The van der Waals surface area contributed by atoms with E-state index in [2.05, 4.69) is 25.3 Å². The fourth-order valence-electron chi connectivity index (χ4n) is 9.13. The number of aryl methyl sites for hydroxylation is 2. The van der Waals surface area contributed by atoms with Gasteiger partial charge in [-0.1, -0.05) is 0 Å². The third-order valence-corrected chi connectivity index (χ3v) is 16.5. The number of alkyl halides is 12. The number of allylic oxidation sites excluding steroid dienone is 2. The number of nitrogens with zero attached hydrogens (tertiary/aromatic N) is 5. The van der Waals surface area contributed by atoms with Crippen molar-refractivity contribution in [3.63, 3.8) is 0 Å². The monoisotopic (exact) mass is 1290 g/mol. The zero-order valence-corrected chi connectivity index (χ0v) is 47.6. The number of likely N-dealkylation sites (tertiary alicyclic amines) is 1. The van der Waals surface area contributed by atoms with Crippen molar-refractivity contribution in [2.75, 3.05) is 37.6 Å². The lowest BCUT2D eigenvalue weighted by atomic mass is 10.0. The Morgan fingerprint density at radius 2 is 1.04 bits per heavy atom. The van der Waals surface area contributed by atoms with E-state index in [1.807, 2.05) is 0 Å². The summed E-state index contributed by atoms with van der Waals surface area (Å²) in [4.78, 5) is 66.5. The van der Waals surface area contributed by atoms with E-state index in [0.29, 0.717) is 49.7 Å². The van der Waals surface area contributed by atoms with Gasteiger partial charge in [0, 0.05) is 87.4 Å². The smallest absolute Gasteiger partial charge is 0.419 e. The number of aliphatic hydroxyl groups is 2. The number of carboxylic acid groups (broad SMARTS) is 1. The van der Waals surface area contributed by atoms with E-state index >= 15 is 0 Å². The number of ketones is 2. The first-order valence-electron chi connectivity index (χ1n) is 26.6. The maximum absolute atomic E-state index is 14.1. The second-order valence-corrected chi connectivity index (χ2v) is 22.8. The van der Waals surface area contributed by atoms with Crippen LogP contribution >= 0.6 is 22.7 Å². The third-order valence-electron chi connectivity index (χ3n) is 14.1. The molecule has 468 valence electrons. The van der Waals surface area contributed by atoms with E-state index in [9.17, 15) is 77.0 Å². The predicted molar refractivity (Wildman–Crippen MR) is 309 cm³/mol. The summed E-state index contributed by atoms with van der Waals surface area (Å²) >= 11 is 1.94. The van der Waals surface area contributed by atoms with Gasteiger partial charge in [-0.25, -0.2) is 14.8 Å². The number of thiophene rings is 2. The van der Waals surface area contributed by atoms with E-state index in [-0.39, 0.29) is 99.9 Å². The number of nitrogens with two attached hydrogens (primary N) is 2. The van der Waals surface area contributed by atoms with Crippen LogP contribution in [0.2, 0.25) is 0 Å². The molecule has 2 aliphatic heterocycles. The highest BCUT2D eigenvalue weighted by atomic mass is 32.1. The zero-order chi connectivity index (χ0) is 64.9. The van der Waals surface area contributed by atoms with Crippen molar-refractivity contribution in [1.29, 1.82) is 0 Å². The lowest BCUT2D eigenvalue weighted by molar-refractivity contribution is -0.253. The molecule has 8 N–H and O–H groups in total. The van der Waals surface area contributed by atoms with Gasteiger partial charge in [0.2, 0.25) is 0 Å². The highest BCUT2D eigenvalue weighted by Crippen LogP contribution is 2.44. The average molecular weight is 1290 g/mol. The molecule has 2 atom stereocenters. The molecule has 10 rings (SSSR count). The summed E-state index contributed by atoms with van der Waals surface area (Å²) in [6.07, 6.45) is -7.65. The third kappa shape index (κ3) is 16.6. The Kier molecular flexibility index (Phi) is 19.8. The molecule has 1 amide bonds. The van der Waals surface area contributed by atoms with Crippen LogP contribution in [0.1, 0.15) is 78.4 Å². The van der Waals surface area contributed by atoms with Crippen molar-refractivity contribution in [3.05, 3.63) is 165 Å². The number of hydrogen-bond donors (Lipinski definition) is 6. The Bertz CT molecular complexity index is 3940. The van der Waals surface area contributed by atoms with Crippen molar-refractivity contribution in [1.82, 2.24) is 30.2 Å². The largest absolute Gasteiger partial charge is 0.478 e. The number of β-amino-alcohol motifs (C(OH)–C–C–N with tert-alkyl or cyclic N) is 2. The molecule has 0 radical (unpaired) electrons. The van der Waals surface area contributed by atoms with Gasteiger partial charge in [-0.3, -0.25) is 24.4 Å². The van der Waals surface area contributed by atoms with Crippen LogP contribution in [0.5, 0.6) is 0 Å². The Hall–Kier alpha value is -8.64. The van der Waals surface area contributed by atoms with Gasteiger partial charge in [-0.2, -0.15) is 52.7 Å².